The van der Waals surface area contributed by atoms with Crippen LogP contribution in [0, 0.1) is 6.07 Å². The first-order valence-electron chi connectivity index (χ1n) is 5.87. The van der Waals surface area contributed by atoms with Crippen LogP contribution in [0.5, 0.6) is 0 Å². The Balaban J connectivity index is 0.00000110. The second kappa shape index (κ2) is 4.69. The van der Waals surface area contributed by atoms with E-state index in [-0.39, 0.29) is 20.1 Å². The number of fused-ring (bicyclic) bond motifs is 6. The summed E-state index contributed by atoms with van der Waals surface area (Å²) in [6.45, 7) is 0. The zero-order valence-electron chi connectivity index (χ0n) is 9.92. The molecule has 0 aliphatic rings. The molecule has 0 unspecified atom stereocenters. The normalized spacial score (nSPS) is 10.7. The van der Waals surface area contributed by atoms with Crippen LogP contribution < -0.4 is 0 Å². The van der Waals surface area contributed by atoms with Gasteiger partial charge in [0, 0.05) is 26.3 Å². The van der Waals surface area contributed by atoms with Crippen molar-refractivity contribution in [2.75, 3.05) is 0 Å². The van der Waals surface area contributed by atoms with Crippen LogP contribution in [0.25, 0.3) is 32.6 Å². The molecule has 0 aliphatic heterocycles. The molecule has 0 fully saturated rings. The zero-order chi connectivity index (χ0) is 11.9. The predicted molar refractivity (Wildman–Crippen MR) is 73.4 cm³/mol. The Hall–Kier alpha value is -1.83. The van der Waals surface area contributed by atoms with Gasteiger partial charge in [-0.05, 0) is 33.3 Å². The van der Waals surface area contributed by atoms with Gasteiger partial charge in [-0.1, -0.05) is 41.9 Å². The van der Waals surface area contributed by atoms with Gasteiger partial charge in [0.15, 0.2) is 0 Å². The summed E-state index contributed by atoms with van der Waals surface area (Å²) >= 11 is 0. The maximum Gasteiger partial charge on any atom is 0.0161 e. The van der Waals surface area contributed by atoms with Gasteiger partial charge < -0.3 is 9.97 Å². The molecule has 0 atom stereocenters. The van der Waals surface area contributed by atoms with Gasteiger partial charge in [-0.3, -0.25) is 0 Å². The van der Waals surface area contributed by atoms with E-state index < -0.39 is 0 Å². The van der Waals surface area contributed by atoms with Crippen LogP contribution in [-0.4, -0.2) is 9.97 Å². The van der Waals surface area contributed by atoms with Crippen molar-refractivity contribution in [3.63, 3.8) is 0 Å². The van der Waals surface area contributed by atoms with E-state index in [1.165, 1.54) is 5.39 Å². The number of nitrogens with zero attached hydrogens (tertiary/aromatic N) is 2. The largest absolute Gasteiger partial charge is 0.352 e. The van der Waals surface area contributed by atoms with E-state index >= 15 is 0 Å². The van der Waals surface area contributed by atoms with Crippen LogP contribution in [0.3, 0.4) is 0 Å². The number of hydrogen-bond acceptors (Lipinski definition) is 2. The molecule has 0 N–H and O–H groups in total. The van der Waals surface area contributed by atoms with Crippen molar-refractivity contribution in [2.45, 2.75) is 0 Å². The molecular weight excluding hydrogens is 412 g/mol. The maximum atomic E-state index is 4.49. The molecule has 2 aromatic carbocycles. The third-order valence-electron chi connectivity index (χ3n) is 3.26. The van der Waals surface area contributed by atoms with Gasteiger partial charge in [0.2, 0.25) is 0 Å². The summed E-state index contributed by atoms with van der Waals surface area (Å²) in [6.07, 6.45) is 3.60. The smallest absolute Gasteiger partial charge is 0.0161 e. The molecule has 2 aromatic heterocycles. The van der Waals surface area contributed by atoms with E-state index in [1.807, 2.05) is 30.5 Å². The molecule has 4 aromatic rings. The van der Waals surface area contributed by atoms with Gasteiger partial charge in [0.05, 0.1) is 0 Å². The minimum atomic E-state index is 0. The molecule has 2 nitrogen and oxygen atoms in total. The fraction of sp³-hybridized carbons (Fsp3) is 0. The third kappa shape index (κ3) is 1.74. The first-order chi connectivity index (χ1) is 8.95. The number of hydrogen-bond donors (Lipinski definition) is 0. The second-order valence-electron chi connectivity index (χ2n) is 4.26. The van der Waals surface area contributed by atoms with Gasteiger partial charge in [-0.25, -0.2) is 0 Å². The molecule has 93 valence electrons. The first kappa shape index (κ1) is 12.2. The van der Waals surface area contributed by atoms with Crippen molar-refractivity contribution in [3.05, 3.63) is 60.9 Å². The van der Waals surface area contributed by atoms with Gasteiger partial charge >= 0.3 is 0 Å². The standard InChI is InChI=1S/C16H9N2.Ir/c1-2-6-12-11(5-1)13-7-3-9-17-16(13)14-8-4-10-18-15(12)14;/h1-7,9-10H;/q-1;. The van der Waals surface area contributed by atoms with Crippen LogP contribution in [0.2, 0.25) is 0 Å². The minimum absolute atomic E-state index is 0. The number of benzene rings is 2. The Morgan fingerprint density at radius 2 is 1.37 bits per heavy atom. The summed E-state index contributed by atoms with van der Waals surface area (Å²) in [5.74, 6) is 0. The van der Waals surface area contributed by atoms with Gasteiger partial charge in [0.25, 0.3) is 0 Å². The zero-order valence-corrected chi connectivity index (χ0v) is 12.3. The summed E-state index contributed by atoms with van der Waals surface area (Å²) in [5.41, 5.74) is 1.94. The Labute approximate surface area is 123 Å². The Bertz CT molecular complexity index is 666. The number of rotatable bonds is 0. The SMILES string of the molecule is [Ir].[c-]1ccnc2c1c1ncccc1c1ccccc12. The molecule has 3 heteroatoms. The average molecular weight is 421 g/mol. The van der Waals surface area contributed by atoms with Crippen molar-refractivity contribution in [2.24, 2.45) is 0 Å². The quantitative estimate of drug-likeness (QED) is 0.319. The van der Waals surface area contributed by atoms with Crippen LogP contribution in [0.1, 0.15) is 0 Å². The van der Waals surface area contributed by atoms with Gasteiger partial charge in [-0.2, -0.15) is 0 Å². The topological polar surface area (TPSA) is 25.8 Å². The summed E-state index contributed by atoms with van der Waals surface area (Å²) in [6, 6.07) is 17.5. The Morgan fingerprint density at radius 1 is 0.737 bits per heavy atom. The maximum absolute atomic E-state index is 4.49. The average Bonchev–Trinajstić information content (AvgIpc) is 2.48. The first-order valence-corrected chi connectivity index (χ1v) is 5.87. The van der Waals surface area contributed by atoms with Crippen LogP contribution in [0.4, 0.5) is 0 Å². The second-order valence-corrected chi connectivity index (χ2v) is 4.26. The van der Waals surface area contributed by atoms with Gasteiger partial charge in [0.1, 0.15) is 0 Å². The van der Waals surface area contributed by atoms with E-state index in [4.69, 9.17) is 0 Å². The fourth-order valence-corrected chi connectivity index (χ4v) is 2.50. The molecule has 0 aliphatic carbocycles. The van der Waals surface area contributed by atoms with Crippen LogP contribution in [0.15, 0.2) is 54.9 Å². The van der Waals surface area contributed by atoms with Crippen LogP contribution in [-0.2, 0) is 20.1 Å². The molecule has 4 rings (SSSR count). The molecule has 0 saturated carbocycles. The van der Waals surface area contributed by atoms with E-state index in [9.17, 15) is 0 Å². The molecule has 0 amide bonds. The summed E-state index contributed by atoms with van der Waals surface area (Å²) in [7, 11) is 0. The van der Waals surface area contributed by atoms with Crippen molar-refractivity contribution in [1.82, 2.24) is 9.97 Å². The monoisotopic (exact) mass is 422 g/mol. The molecular formula is C16H9IrN2-. The summed E-state index contributed by atoms with van der Waals surface area (Å²) in [4.78, 5) is 8.98. The minimum Gasteiger partial charge on any atom is -0.352 e. The molecule has 1 radical (unpaired) electrons. The Kier molecular flexibility index (Phi) is 3.01. The molecule has 19 heavy (non-hydrogen) atoms. The predicted octanol–water partition coefficient (Wildman–Crippen LogP) is 3.73. The van der Waals surface area contributed by atoms with Crippen molar-refractivity contribution in [1.29, 1.82) is 0 Å². The van der Waals surface area contributed by atoms with E-state index in [0.29, 0.717) is 0 Å². The third-order valence-corrected chi connectivity index (χ3v) is 3.26. The molecule has 0 bridgehead atoms. The van der Waals surface area contributed by atoms with Crippen molar-refractivity contribution < 1.29 is 20.1 Å². The van der Waals surface area contributed by atoms with E-state index in [0.717, 1.165) is 27.2 Å². The molecule has 2 heterocycles. The molecule has 0 saturated heterocycles. The Morgan fingerprint density at radius 3 is 2.16 bits per heavy atom. The van der Waals surface area contributed by atoms with E-state index in [1.54, 1.807) is 6.20 Å². The number of pyridine rings is 2. The molecule has 0 spiro atoms. The fourth-order valence-electron chi connectivity index (χ4n) is 2.50. The van der Waals surface area contributed by atoms with Crippen molar-refractivity contribution in [3.8, 4) is 0 Å². The summed E-state index contributed by atoms with van der Waals surface area (Å²) in [5, 5.41) is 4.50. The van der Waals surface area contributed by atoms with E-state index in [2.05, 4.69) is 34.2 Å². The number of aromatic nitrogens is 2. The van der Waals surface area contributed by atoms with Crippen LogP contribution >= 0.6 is 0 Å². The van der Waals surface area contributed by atoms with Crippen molar-refractivity contribution >= 4 is 32.6 Å². The van der Waals surface area contributed by atoms with Gasteiger partial charge in [-0.15, -0.1) is 12.1 Å². The summed E-state index contributed by atoms with van der Waals surface area (Å²) < 4.78 is 0.